The lowest BCUT2D eigenvalue weighted by molar-refractivity contribution is -0.143. The number of methoxy groups -OCH3 is 2. The lowest BCUT2D eigenvalue weighted by atomic mass is 9.95. The summed E-state index contributed by atoms with van der Waals surface area (Å²) in [6, 6.07) is 15.8. The van der Waals surface area contributed by atoms with E-state index in [2.05, 4.69) is 27.0 Å². The van der Waals surface area contributed by atoms with Gasteiger partial charge in [0.1, 0.15) is 6.61 Å². The van der Waals surface area contributed by atoms with Crippen molar-refractivity contribution in [1.82, 2.24) is 4.57 Å². The molecule has 262 valence electrons. The van der Waals surface area contributed by atoms with Crippen molar-refractivity contribution in [2.24, 2.45) is 4.99 Å². The first-order valence-electron chi connectivity index (χ1n) is 15.8. The minimum Gasteiger partial charge on any atom is -0.493 e. The highest BCUT2D eigenvalue weighted by molar-refractivity contribution is 9.10. The molecule has 13 heteroatoms. The Balaban J connectivity index is 1.59. The molecule has 2 heterocycles. The third-order valence-electron chi connectivity index (χ3n) is 7.72. The standard InChI is InChI=1S/C37H37BrN2O9S/c1-7-46-29-15-24(12-13-27(29)49-20-32(41)45-6)34-33(36(43)47-8-2)22(4)39-37-40(34)35(42)31(50-37)17-25-16-28(44-5)30(18-26(25)38)48-19-23-11-9-10-21(3)14-23/h9-18,34H,7-8,19-20H2,1-6H3/b31-17-/t34-/m0/s1. The Morgan fingerprint density at radius 3 is 2.42 bits per heavy atom. The van der Waals surface area contributed by atoms with Crippen LogP contribution in [0.4, 0.5) is 0 Å². The van der Waals surface area contributed by atoms with E-state index < -0.39 is 18.0 Å². The summed E-state index contributed by atoms with van der Waals surface area (Å²) in [4.78, 5) is 44.5. The number of allylic oxidation sites excluding steroid dienone is 1. The second kappa shape index (κ2) is 16.2. The monoisotopic (exact) mass is 764 g/mol. The van der Waals surface area contributed by atoms with Crippen LogP contribution in [-0.2, 0) is 25.7 Å². The van der Waals surface area contributed by atoms with Crippen molar-refractivity contribution in [3.8, 4) is 23.0 Å². The molecule has 5 rings (SSSR count). The van der Waals surface area contributed by atoms with Gasteiger partial charge in [-0.2, -0.15) is 0 Å². The van der Waals surface area contributed by atoms with Gasteiger partial charge in [0.05, 0.1) is 49.3 Å². The fourth-order valence-electron chi connectivity index (χ4n) is 5.42. The number of aryl methyl sites for hydroxylation is 1. The van der Waals surface area contributed by atoms with E-state index in [1.165, 1.54) is 23.0 Å². The van der Waals surface area contributed by atoms with Gasteiger partial charge in [0.25, 0.3) is 5.56 Å². The number of aromatic nitrogens is 1. The Kier molecular flexibility index (Phi) is 11.8. The molecule has 0 N–H and O–H groups in total. The number of halogens is 1. The van der Waals surface area contributed by atoms with E-state index in [-0.39, 0.29) is 24.3 Å². The second-order valence-corrected chi connectivity index (χ2v) is 13.0. The predicted molar refractivity (Wildman–Crippen MR) is 192 cm³/mol. The van der Waals surface area contributed by atoms with Crippen molar-refractivity contribution in [3.63, 3.8) is 0 Å². The Hall–Kier alpha value is -4.88. The maximum atomic E-state index is 14.3. The molecule has 0 bridgehead atoms. The van der Waals surface area contributed by atoms with Crippen LogP contribution < -0.4 is 33.8 Å². The molecule has 0 radical (unpaired) electrons. The minimum absolute atomic E-state index is 0.137. The summed E-state index contributed by atoms with van der Waals surface area (Å²) >= 11 is 4.84. The number of rotatable bonds is 13. The van der Waals surface area contributed by atoms with Crippen molar-refractivity contribution in [2.75, 3.05) is 34.0 Å². The van der Waals surface area contributed by atoms with Crippen LogP contribution in [-0.4, -0.2) is 50.5 Å². The first-order chi connectivity index (χ1) is 24.1. The van der Waals surface area contributed by atoms with Crippen molar-refractivity contribution in [3.05, 3.63) is 112 Å². The van der Waals surface area contributed by atoms with E-state index in [4.69, 9.17) is 28.4 Å². The summed E-state index contributed by atoms with van der Waals surface area (Å²) in [5.74, 6) is 0.521. The molecular weight excluding hydrogens is 728 g/mol. The summed E-state index contributed by atoms with van der Waals surface area (Å²) in [5.41, 5.74) is 3.68. The Labute approximate surface area is 301 Å². The summed E-state index contributed by atoms with van der Waals surface area (Å²) < 4.78 is 35.9. The normalized spacial score (nSPS) is 14.1. The van der Waals surface area contributed by atoms with Gasteiger partial charge in [0.2, 0.25) is 0 Å². The van der Waals surface area contributed by atoms with Crippen LogP contribution in [0.3, 0.4) is 0 Å². The van der Waals surface area contributed by atoms with Crippen LogP contribution in [0.25, 0.3) is 6.08 Å². The van der Waals surface area contributed by atoms with Crippen LogP contribution in [0.1, 0.15) is 49.1 Å². The molecule has 1 aliphatic heterocycles. The molecule has 0 saturated heterocycles. The van der Waals surface area contributed by atoms with Crippen molar-refractivity contribution >= 4 is 45.3 Å². The van der Waals surface area contributed by atoms with Crippen LogP contribution in [0.5, 0.6) is 23.0 Å². The third-order valence-corrected chi connectivity index (χ3v) is 9.39. The van der Waals surface area contributed by atoms with Gasteiger partial charge in [-0.3, -0.25) is 9.36 Å². The predicted octanol–water partition coefficient (Wildman–Crippen LogP) is 5.41. The lowest BCUT2D eigenvalue weighted by Crippen LogP contribution is -2.40. The highest BCUT2D eigenvalue weighted by atomic mass is 79.9. The molecule has 11 nitrogen and oxygen atoms in total. The van der Waals surface area contributed by atoms with Gasteiger partial charge in [-0.25, -0.2) is 14.6 Å². The lowest BCUT2D eigenvalue weighted by Gasteiger charge is -2.25. The van der Waals surface area contributed by atoms with Gasteiger partial charge in [-0.15, -0.1) is 0 Å². The number of nitrogens with zero attached hydrogens (tertiary/aromatic N) is 2. The van der Waals surface area contributed by atoms with Crippen molar-refractivity contribution < 1.29 is 38.0 Å². The smallest absolute Gasteiger partial charge is 0.343 e. The zero-order chi connectivity index (χ0) is 35.9. The number of carbonyl (C=O) groups is 2. The second-order valence-electron chi connectivity index (χ2n) is 11.1. The number of hydrogen-bond acceptors (Lipinski definition) is 11. The van der Waals surface area contributed by atoms with Crippen LogP contribution in [0.2, 0.25) is 0 Å². The largest absolute Gasteiger partial charge is 0.493 e. The van der Waals surface area contributed by atoms with Crippen LogP contribution in [0, 0.1) is 6.92 Å². The highest BCUT2D eigenvalue weighted by Gasteiger charge is 2.34. The quantitative estimate of drug-likeness (QED) is 0.165. The first-order valence-corrected chi connectivity index (χ1v) is 17.4. The molecule has 1 atom stereocenters. The van der Waals surface area contributed by atoms with E-state index in [1.54, 1.807) is 51.3 Å². The average Bonchev–Trinajstić information content (AvgIpc) is 3.40. The number of thiazole rings is 1. The van der Waals surface area contributed by atoms with Gasteiger partial charge in [-0.1, -0.05) is 63.2 Å². The van der Waals surface area contributed by atoms with Gasteiger partial charge in [-0.05, 0) is 74.7 Å². The summed E-state index contributed by atoms with van der Waals surface area (Å²) in [6.45, 7) is 7.73. The van der Waals surface area contributed by atoms with E-state index >= 15 is 0 Å². The fourth-order valence-corrected chi connectivity index (χ4v) is 6.90. The molecule has 1 aliphatic rings. The number of carbonyl (C=O) groups excluding carboxylic acids is 2. The SMILES string of the molecule is CCOC(=O)C1=C(C)N=c2s/c(=C\c3cc(OC)c(OCc4cccc(C)c4)cc3Br)c(=O)n2[C@H]1c1ccc(OCC(=O)OC)c(OCC)c1. The molecule has 0 saturated carbocycles. The van der Waals surface area contributed by atoms with E-state index in [0.29, 0.717) is 66.8 Å². The fraction of sp³-hybridized carbons (Fsp3) is 0.297. The molecule has 4 aromatic rings. The highest BCUT2D eigenvalue weighted by Crippen LogP contribution is 2.37. The average molecular weight is 766 g/mol. The maximum absolute atomic E-state index is 14.3. The Bertz CT molecular complexity index is 2140. The Morgan fingerprint density at radius 2 is 1.72 bits per heavy atom. The number of benzene rings is 3. The molecule has 0 fully saturated rings. The summed E-state index contributed by atoms with van der Waals surface area (Å²) in [7, 11) is 2.83. The number of fused-ring (bicyclic) bond motifs is 1. The van der Waals surface area contributed by atoms with Gasteiger partial charge < -0.3 is 28.4 Å². The number of hydrogen-bond donors (Lipinski definition) is 0. The number of ether oxygens (including phenoxy) is 6. The minimum atomic E-state index is -0.892. The maximum Gasteiger partial charge on any atom is 0.343 e. The van der Waals surface area contributed by atoms with Crippen LogP contribution >= 0.6 is 27.3 Å². The van der Waals surface area contributed by atoms with E-state index in [9.17, 15) is 14.4 Å². The third kappa shape index (κ3) is 7.95. The summed E-state index contributed by atoms with van der Waals surface area (Å²) in [6.07, 6.45) is 1.75. The van der Waals surface area contributed by atoms with Crippen LogP contribution in [0.15, 0.2) is 80.1 Å². The van der Waals surface area contributed by atoms with Crippen molar-refractivity contribution in [1.29, 1.82) is 0 Å². The van der Waals surface area contributed by atoms with Gasteiger partial charge >= 0.3 is 11.9 Å². The Morgan fingerprint density at radius 1 is 0.940 bits per heavy atom. The van der Waals surface area contributed by atoms with E-state index in [0.717, 1.165) is 11.1 Å². The molecule has 3 aromatic carbocycles. The first kappa shape index (κ1) is 36.4. The summed E-state index contributed by atoms with van der Waals surface area (Å²) in [5, 5.41) is 0. The zero-order valence-electron chi connectivity index (χ0n) is 28.5. The molecule has 0 amide bonds. The molecular formula is C37H37BrN2O9S. The van der Waals surface area contributed by atoms with Crippen molar-refractivity contribution in [2.45, 2.75) is 40.3 Å². The molecule has 0 spiro atoms. The number of esters is 2. The van der Waals surface area contributed by atoms with Gasteiger partial charge in [0.15, 0.2) is 34.4 Å². The topological polar surface area (TPSA) is 124 Å². The molecule has 0 unspecified atom stereocenters. The molecule has 0 aliphatic carbocycles. The van der Waals surface area contributed by atoms with Gasteiger partial charge in [0, 0.05) is 4.47 Å². The van der Waals surface area contributed by atoms with E-state index in [1.807, 2.05) is 38.1 Å². The molecule has 1 aromatic heterocycles. The zero-order valence-corrected chi connectivity index (χ0v) is 30.9. The molecule has 50 heavy (non-hydrogen) atoms.